The normalized spacial score (nSPS) is 11.6. The molecule has 0 bridgehead atoms. The second-order valence-electron chi connectivity index (χ2n) is 4.90. The first-order chi connectivity index (χ1) is 9.85. The summed E-state index contributed by atoms with van der Waals surface area (Å²) in [5.74, 6) is -1.18. The number of carbonyl (C=O) groups excluding carboxylic acids is 1. The molecule has 1 atom stereocenters. The van der Waals surface area contributed by atoms with E-state index in [9.17, 15) is 9.59 Å². The van der Waals surface area contributed by atoms with Crippen LogP contribution < -0.4 is 15.5 Å². The van der Waals surface area contributed by atoms with Gasteiger partial charge in [-0.05, 0) is 24.6 Å². The van der Waals surface area contributed by atoms with Gasteiger partial charge in [0.05, 0.1) is 0 Å². The second-order valence-corrected chi connectivity index (χ2v) is 4.90. The van der Waals surface area contributed by atoms with E-state index in [0.717, 1.165) is 11.3 Å². The maximum absolute atomic E-state index is 11.8. The Morgan fingerprint density at radius 2 is 2.00 bits per heavy atom. The molecule has 21 heavy (non-hydrogen) atoms. The van der Waals surface area contributed by atoms with Gasteiger partial charge < -0.3 is 25.7 Å². The molecule has 0 spiro atoms. The van der Waals surface area contributed by atoms with Gasteiger partial charge in [0, 0.05) is 38.5 Å². The molecule has 0 aliphatic carbocycles. The van der Waals surface area contributed by atoms with E-state index in [1.807, 2.05) is 32.0 Å². The Bertz CT molecular complexity index is 517. The van der Waals surface area contributed by atoms with E-state index >= 15 is 0 Å². The second kappa shape index (κ2) is 7.49. The number of carbonyl (C=O) groups is 2. The lowest BCUT2D eigenvalue weighted by molar-refractivity contribution is -0.139. The molecular weight excluding hydrogens is 274 g/mol. The minimum absolute atomic E-state index is 0.0421. The summed E-state index contributed by atoms with van der Waals surface area (Å²) in [5, 5.41) is 22.6. The summed E-state index contributed by atoms with van der Waals surface area (Å²) in [6.45, 7) is 1.65. The van der Waals surface area contributed by atoms with Gasteiger partial charge in [-0.2, -0.15) is 0 Å². The maximum Gasteiger partial charge on any atom is 0.326 e. The van der Waals surface area contributed by atoms with Crippen LogP contribution in [0.15, 0.2) is 18.2 Å². The van der Waals surface area contributed by atoms with Crippen LogP contribution in [-0.2, 0) is 4.79 Å². The highest BCUT2D eigenvalue weighted by atomic mass is 16.4. The minimum Gasteiger partial charge on any atom is -0.480 e. The third-order valence-corrected chi connectivity index (χ3v) is 2.97. The lowest BCUT2D eigenvalue weighted by Crippen LogP contribution is -2.43. The summed E-state index contributed by atoms with van der Waals surface area (Å²) in [5.41, 5.74) is 2.59. The van der Waals surface area contributed by atoms with E-state index in [4.69, 9.17) is 10.2 Å². The molecule has 7 nitrogen and oxygen atoms in total. The standard InChI is InChI=1S/C14H21N3O4/c1-9-4-5-10(8-12(9)17(2)3)15-14(21)16-11(6-7-18)13(19)20/h4-5,8,11,18H,6-7H2,1-3H3,(H,19,20)(H2,15,16,21)/t11-/m0/s1. The molecule has 1 rings (SSSR count). The fourth-order valence-electron chi connectivity index (χ4n) is 1.88. The topological polar surface area (TPSA) is 102 Å². The van der Waals surface area contributed by atoms with Gasteiger partial charge in [-0.1, -0.05) is 6.07 Å². The maximum atomic E-state index is 11.8. The van der Waals surface area contributed by atoms with Crippen LogP contribution in [0.3, 0.4) is 0 Å². The number of anilines is 2. The number of rotatable bonds is 6. The summed E-state index contributed by atoms with van der Waals surface area (Å²) < 4.78 is 0. The van der Waals surface area contributed by atoms with Crippen LogP contribution >= 0.6 is 0 Å². The molecule has 0 fully saturated rings. The van der Waals surface area contributed by atoms with Crippen molar-refractivity contribution in [3.05, 3.63) is 23.8 Å². The fraction of sp³-hybridized carbons (Fsp3) is 0.429. The molecule has 0 radical (unpaired) electrons. The van der Waals surface area contributed by atoms with Crippen LogP contribution in [0.4, 0.5) is 16.2 Å². The number of benzene rings is 1. The van der Waals surface area contributed by atoms with Crippen molar-refractivity contribution >= 4 is 23.4 Å². The lowest BCUT2D eigenvalue weighted by atomic mass is 10.1. The van der Waals surface area contributed by atoms with Crippen LogP contribution in [0.5, 0.6) is 0 Å². The van der Waals surface area contributed by atoms with Crippen molar-refractivity contribution in [2.24, 2.45) is 0 Å². The summed E-state index contributed by atoms with van der Waals surface area (Å²) >= 11 is 0. The molecule has 0 aliphatic rings. The molecule has 0 aromatic heterocycles. The fourth-order valence-corrected chi connectivity index (χ4v) is 1.88. The van der Waals surface area contributed by atoms with Crippen molar-refractivity contribution in [2.45, 2.75) is 19.4 Å². The molecule has 2 amide bonds. The molecule has 7 heteroatoms. The predicted octanol–water partition coefficient (Wildman–Crippen LogP) is 1.02. The van der Waals surface area contributed by atoms with Crippen molar-refractivity contribution in [3.63, 3.8) is 0 Å². The molecule has 0 saturated heterocycles. The minimum atomic E-state index is -1.18. The number of amides is 2. The number of aliphatic carboxylic acids is 1. The number of nitrogens with one attached hydrogen (secondary N) is 2. The van der Waals surface area contributed by atoms with Gasteiger partial charge in [-0.3, -0.25) is 0 Å². The van der Waals surface area contributed by atoms with Gasteiger partial charge in [-0.25, -0.2) is 9.59 Å². The third-order valence-electron chi connectivity index (χ3n) is 2.97. The van der Waals surface area contributed by atoms with Crippen LogP contribution in [0, 0.1) is 6.92 Å². The molecule has 116 valence electrons. The Labute approximate surface area is 123 Å². The number of aryl methyl sites for hydroxylation is 1. The lowest BCUT2D eigenvalue weighted by Gasteiger charge is -2.18. The van der Waals surface area contributed by atoms with Crippen molar-refractivity contribution in [2.75, 3.05) is 30.9 Å². The Hall–Kier alpha value is -2.28. The van der Waals surface area contributed by atoms with Crippen LogP contribution in [0.2, 0.25) is 0 Å². The quantitative estimate of drug-likeness (QED) is 0.627. The van der Waals surface area contributed by atoms with E-state index in [1.54, 1.807) is 12.1 Å². The van der Waals surface area contributed by atoms with Gasteiger partial charge in [0.25, 0.3) is 0 Å². The zero-order valence-corrected chi connectivity index (χ0v) is 12.4. The smallest absolute Gasteiger partial charge is 0.326 e. The number of nitrogens with zero attached hydrogens (tertiary/aromatic N) is 1. The van der Waals surface area contributed by atoms with Crippen LogP contribution in [-0.4, -0.2) is 49.0 Å². The van der Waals surface area contributed by atoms with E-state index in [0.29, 0.717) is 5.69 Å². The number of urea groups is 1. The molecular formula is C14H21N3O4. The van der Waals surface area contributed by atoms with Gasteiger partial charge in [0.15, 0.2) is 0 Å². The van der Waals surface area contributed by atoms with Crippen molar-refractivity contribution in [3.8, 4) is 0 Å². The Kier molecular flexibility index (Phi) is 5.98. The van der Waals surface area contributed by atoms with Gasteiger partial charge >= 0.3 is 12.0 Å². The van der Waals surface area contributed by atoms with Crippen molar-refractivity contribution in [1.82, 2.24) is 5.32 Å². The zero-order valence-electron chi connectivity index (χ0n) is 12.4. The summed E-state index contributed by atoms with van der Waals surface area (Å²) in [7, 11) is 3.79. The SMILES string of the molecule is Cc1ccc(NC(=O)N[C@@H](CCO)C(=O)O)cc1N(C)C. The highest BCUT2D eigenvalue weighted by Gasteiger charge is 2.19. The summed E-state index contributed by atoms with van der Waals surface area (Å²) in [6, 6.07) is 3.67. The Balaban J connectivity index is 2.74. The average molecular weight is 295 g/mol. The molecule has 4 N–H and O–H groups in total. The zero-order chi connectivity index (χ0) is 16.0. The van der Waals surface area contributed by atoms with Crippen LogP contribution in [0.1, 0.15) is 12.0 Å². The highest BCUT2D eigenvalue weighted by Crippen LogP contribution is 2.22. The predicted molar refractivity (Wildman–Crippen MR) is 80.8 cm³/mol. The Morgan fingerprint density at radius 3 is 2.52 bits per heavy atom. The van der Waals surface area contributed by atoms with Gasteiger partial charge in [0.2, 0.25) is 0 Å². The van der Waals surface area contributed by atoms with Crippen molar-refractivity contribution < 1.29 is 19.8 Å². The van der Waals surface area contributed by atoms with Gasteiger partial charge in [-0.15, -0.1) is 0 Å². The molecule has 0 aliphatic heterocycles. The van der Waals surface area contributed by atoms with Crippen LogP contribution in [0.25, 0.3) is 0 Å². The highest BCUT2D eigenvalue weighted by molar-refractivity contribution is 5.92. The number of aliphatic hydroxyl groups is 1. The summed E-state index contributed by atoms with van der Waals surface area (Å²) in [6.07, 6.45) is -0.0421. The third kappa shape index (κ3) is 4.96. The Morgan fingerprint density at radius 1 is 1.33 bits per heavy atom. The van der Waals surface area contributed by atoms with E-state index in [1.165, 1.54) is 0 Å². The monoisotopic (exact) mass is 295 g/mol. The molecule has 0 unspecified atom stereocenters. The molecule has 1 aromatic carbocycles. The van der Waals surface area contributed by atoms with E-state index < -0.39 is 18.0 Å². The number of hydrogen-bond donors (Lipinski definition) is 4. The number of carboxylic acid groups (broad SMARTS) is 1. The molecule has 0 saturated carbocycles. The molecule has 1 aromatic rings. The molecule has 0 heterocycles. The summed E-state index contributed by atoms with van der Waals surface area (Å²) in [4.78, 5) is 24.6. The van der Waals surface area contributed by atoms with E-state index in [-0.39, 0.29) is 13.0 Å². The van der Waals surface area contributed by atoms with Crippen molar-refractivity contribution in [1.29, 1.82) is 0 Å². The first-order valence-electron chi connectivity index (χ1n) is 6.54. The number of hydrogen-bond acceptors (Lipinski definition) is 4. The van der Waals surface area contributed by atoms with Gasteiger partial charge in [0.1, 0.15) is 6.04 Å². The largest absolute Gasteiger partial charge is 0.480 e. The number of carboxylic acids is 1. The first kappa shape index (κ1) is 16.8. The first-order valence-corrected chi connectivity index (χ1v) is 6.54. The average Bonchev–Trinajstić information content (AvgIpc) is 2.40. The van der Waals surface area contributed by atoms with E-state index in [2.05, 4.69) is 10.6 Å². The number of aliphatic hydroxyl groups excluding tert-OH is 1.